The Morgan fingerprint density at radius 3 is 2.90 bits per heavy atom. The molecule has 0 radical (unpaired) electrons. The van der Waals surface area contributed by atoms with Crippen LogP contribution in [0.3, 0.4) is 0 Å². The van der Waals surface area contributed by atoms with Crippen molar-refractivity contribution in [2.75, 3.05) is 11.4 Å². The third-order valence-corrected chi connectivity index (χ3v) is 4.13. The number of nitrogens with zero attached hydrogens (tertiary/aromatic N) is 1. The Bertz CT molecular complexity index is 717. The van der Waals surface area contributed by atoms with E-state index in [4.69, 9.17) is 16.7 Å². The first-order valence-electron chi connectivity index (χ1n) is 6.60. The third-order valence-electron chi connectivity index (χ3n) is 3.71. The number of carboxylic acid groups (broad SMARTS) is 1. The van der Waals surface area contributed by atoms with E-state index in [0.29, 0.717) is 12.1 Å². The molecule has 0 aliphatic carbocycles. The lowest BCUT2D eigenvalue weighted by Crippen LogP contribution is -2.20. The number of aromatic carboxylic acids is 1. The van der Waals surface area contributed by atoms with E-state index in [1.807, 2.05) is 0 Å². The normalized spacial score (nSPS) is 13.3. The molecule has 1 aliphatic heterocycles. The fraction of sp³-hybridized carbons (Fsp3) is 0.188. The molecular weight excluding hydrogens is 293 g/mol. The van der Waals surface area contributed by atoms with E-state index in [2.05, 4.69) is 4.90 Å². The predicted octanol–water partition coefficient (Wildman–Crippen LogP) is 3.74. The first-order chi connectivity index (χ1) is 10.1. The van der Waals surface area contributed by atoms with Crippen LogP contribution in [0.15, 0.2) is 36.4 Å². The summed E-state index contributed by atoms with van der Waals surface area (Å²) in [6, 6.07) is 9.87. The lowest BCUT2D eigenvalue weighted by atomic mass is 10.1. The van der Waals surface area contributed by atoms with Gasteiger partial charge in [-0.2, -0.15) is 0 Å². The van der Waals surface area contributed by atoms with E-state index in [1.54, 1.807) is 30.3 Å². The summed E-state index contributed by atoms with van der Waals surface area (Å²) in [5, 5.41) is 9.16. The molecule has 0 fully saturated rings. The molecule has 3 rings (SSSR count). The Morgan fingerprint density at radius 2 is 2.14 bits per heavy atom. The SMILES string of the molecule is O=C(O)c1ccc2c(c1)CCN2Cc1cccc(F)c1Cl. The average Bonchev–Trinajstić information content (AvgIpc) is 2.86. The van der Waals surface area contributed by atoms with Crippen molar-refractivity contribution < 1.29 is 14.3 Å². The molecule has 1 aliphatic rings. The van der Waals surface area contributed by atoms with Crippen LogP contribution in [0.5, 0.6) is 0 Å². The van der Waals surface area contributed by atoms with Crippen LogP contribution in [0.2, 0.25) is 5.02 Å². The first-order valence-corrected chi connectivity index (χ1v) is 6.98. The minimum Gasteiger partial charge on any atom is -0.478 e. The van der Waals surface area contributed by atoms with Gasteiger partial charge in [-0.15, -0.1) is 0 Å². The van der Waals surface area contributed by atoms with Gasteiger partial charge in [0, 0.05) is 18.8 Å². The Kier molecular flexibility index (Phi) is 3.55. The summed E-state index contributed by atoms with van der Waals surface area (Å²) in [7, 11) is 0. The Morgan fingerprint density at radius 1 is 1.33 bits per heavy atom. The molecule has 0 aromatic heterocycles. The number of hydrogen-bond donors (Lipinski definition) is 1. The molecule has 21 heavy (non-hydrogen) atoms. The van der Waals surface area contributed by atoms with Crippen LogP contribution < -0.4 is 4.90 Å². The summed E-state index contributed by atoms with van der Waals surface area (Å²) in [6.45, 7) is 1.28. The van der Waals surface area contributed by atoms with E-state index in [0.717, 1.165) is 29.8 Å². The number of benzene rings is 2. The van der Waals surface area contributed by atoms with E-state index < -0.39 is 11.8 Å². The molecule has 1 N–H and O–H groups in total. The topological polar surface area (TPSA) is 40.5 Å². The van der Waals surface area contributed by atoms with Crippen molar-refractivity contribution in [1.82, 2.24) is 0 Å². The van der Waals surface area contributed by atoms with Gasteiger partial charge in [-0.05, 0) is 41.8 Å². The standard InChI is InChI=1S/C16H13ClFNO2/c17-15-12(2-1-3-13(15)18)9-19-7-6-10-8-11(16(20)21)4-5-14(10)19/h1-5,8H,6-7,9H2,(H,20,21). The van der Waals surface area contributed by atoms with Crippen LogP contribution in [-0.4, -0.2) is 17.6 Å². The summed E-state index contributed by atoms with van der Waals surface area (Å²) in [5.74, 6) is -1.35. The number of anilines is 1. The van der Waals surface area contributed by atoms with E-state index in [1.165, 1.54) is 6.07 Å². The fourth-order valence-corrected chi connectivity index (χ4v) is 2.83. The van der Waals surface area contributed by atoms with Crippen LogP contribution >= 0.6 is 11.6 Å². The monoisotopic (exact) mass is 305 g/mol. The van der Waals surface area contributed by atoms with Crippen LogP contribution in [0.25, 0.3) is 0 Å². The molecule has 0 saturated heterocycles. The van der Waals surface area contributed by atoms with Gasteiger partial charge in [0.15, 0.2) is 0 Å². The van der Waals surface area contributed by atoms with Crippen molar-refractivity contribution in [2.24, 2.45) is 0 Å². The molecule has 0 spiro atoms. The Hall–Kier alpha value is -2.07. The highest BCUT2D eigenvalue weighted by Gasteiger charge is 2.21. The van der Waals surface area contributed by atoms with Gasteiger partial charge in [-0.25, -0.2) is 9.18 Å². The number of fused-ring (bicyclic) bond motifs is 1. The number of halogens is 2. The molecule has 0 amide bonds. The van der Waals surface area contributed by atoms with Crippen molar-refractivity contribution in [2.45, 2.75) is 13.0 Å². The van der Waals surface area contributed by atoms with Gasteiger partial charge in [-0.1, -0.05) is 23.7 Å². The zero-order valence-electron chi connectivity index (χ0n) is 11.1. The van der Waals surface area contributed by atoms with E-state index in [9.17, 15) is 9.18 Å². The van der Waals surface area contributed by atoms with Crippen molar-refractivity contribution in [3.63, 3.8) is 0 Å². The van der Waals surface area contributed by atoms with Gasteiger partial charge in [0.05, 0.1) is 10.6 Å². The molecule has 0 atom stereocenters. The highest BCUT2D eigenvalue weighted by atomic mass is 35.5. The van der Waals surface area contributed by atoms with Gasteiger partial charge in [0.1, 0.15) is 5.82 Å². The Labute approximate surface area is 126 Å². The molecule has 2 aromatic rings. The fourth-order valence-electron chi connectivity index (χ4n) is 2.64. The molecule has 0 bridgehead atoms. The van der Waals surface area contributed by atoms with Crippen molar-refractivity contribution in [3.8, 4) is 0 Å². The molecule has 5 heteroatoms. The Balaban J connectivity index is 1.88. The molecule has 0 saturated carbocycles. The summed E-state index contributed by atoms with van der Waals surface area (Å²) in [5.41, 5.74) is 3.01. The van der Waals surface area contributed by atoms with E-state index >= 15 is 0 Å². The second kappa shape index (κ2) is 5.37. The van der Waals surface area contributed by atoms with E-state index in [-0.39, 0.29) is 5.02 Å². The maximum atomic E-state index is 13.5. The number of hydrogen-bond acceptors (Lipinski definition) is 2. The summed E-state index contributed by atoms with van der Waals surface area (Å²) < 4.78 is 13.5. The average molecular weight is 306 g/mol. The lowest BCUT2D eigenvalue weighted by Gasteiger charge is -2.20. The summed E-state index contributed by atoms with van der Waals surface area (Å²) >= 11 is 5.99. The number of carbonyl (C=O) groups is 1. The molecular formula is C16H13ClFNO2. The largest absolute Gasteiger partial charge is 0.478 e. The van der Waals surface area contributed by atoms with Crippen molar-refractivity contribution in [3.05, 3.63) is 63.9 Å². The molecule has 2 aromatic carbocycles. The second-order valence-electron chi connectivity index (χ2n) is 5.03. The first kappa shape index (κ1) is 13.9. The van der Waals surface area contributed by atoms with Gasteiger partial charge in [0.25, 0.3) is 0 Å². The second-order valence-corrected chi connectivity index (χ2v) is 5.41. The van der Waals surface area contributed by atoms with Crippen LogP contribution in [-0.2, 0) is 13.0 Å². The zero-order valence-corrected chi connectivity index (χ0v) is 11.9. The maximum Gasteiger partial charge on any atom is 0.335 e. The highest BCUT2D eigenvalue weighted by molar-refractivity contribution is 6.31. The summed E-state index contributed by atoms with van der Waals surface area (Å²) in [6.07, 6.45) is 0.781. The van der Waals surface area contributed by atoms with Crippen LogP contribution in [0.4, 0.5) is 10.1 Å². The van der Waals surface area contributed by atoms with Crippen molar-refractivity contribution in [1.29, 1.82) is 0 Å². The maximum absolute atomic E-state index is 13.5. The molecule has 108 valence electrons. The van der Waals surface area contributed by atoms with Crippen molar-refractivity contribution >= 4 is 23.3 Å². The molecule has 3 nitrogen and oxygen atoms in total. The minimum atomic E-state index is -0.926. The van der Waals surface area contributed by atoms with Gasteiger partial charge in [-0.3, -0.25) is 0 Å². The van der Waals surface area contributed by atoms with Crippen LogP contribution in [0.1, 0.15) is 21.5 Å². The predicted molar refractivity (Wildman–Crippen MR) is 79.6 cm³/mol. The number of carboxylic acids is 1. The van der Waals surface area contributed by atoms with Crippen LogP contribution in [0, 0.1) is 5.82 Å². The quantitative estimate of drug-likeness (QED) is 0.939. The van der Waals surface area contributed by atoms with Gasteiger partial charge in [0.2, 0.25) is 0 Å². The summed E-state index contributed by atoms with van der Waals surface area (Å²) in [4.78, 5) is 13.1. The smallest absolute Gasteiger partial charge is 0.335 e. The number of rotatable bonds is 3. The van der Waals surface area contributed by atoms with Gasteiger partial charge >= 0.3 is 5.97 Å². The molecule has 1 heterocycles. The highest BCUT2D eigenvalue weighted by Crippen LogP contribution is 2.31. The third kappa shape index (κ3) is 2.59. The lowest BCUT2D eigenvalue weighted by molar-refractivity contribution is 0.0697. The van der Waals surface area contributed by atoms with Gasteiger partial charge < -0.3 is 10.0 Å². The minimum absolute atomic E-state index is 0.146. The molecule has 0 unspecified atom stereocenters. The zero-order chi connectivity index (χ0) is 15.0.